The van der Waals surface area contributed by atoms with Crippen molar-refractivity contribution in [3.8, 4) is 5.88 Å². The number of nitrogens with zero attached hydrogens (tertiary/aromatic N) is 3. The highest BCUT2D eigenvalue weighted by atomic mass is 35.5. The molecule has 0 aliphatic carbocycles. The minimum atomic E-state index is -0.651. The lowest BCUT2D eigenvalue weighted by atomic mass is 10.2. The zero-order valence-electron chi connectivity index (χ0n) is 15.1. The molecular formula is C19H17Cl2N3O4. The lowest BCUT2D eigenvalue weighted by Crippen LogP contribution is -2.42. The summed E-state index contributed by atoms with van der Waals surface area (Å²) < 4.78 is 7.36. The van der Waals surface area contributed by atoms with Gasteiger partial charge in [0.05, 0.1) is 23.5 Å². The summed E-state index contributed by atoms with van der Waals surface area (Å²) in [6.07, 6.45) is 2.64. The smallest absolute Gasteiger partial charge is 0.334 e. The van der Waals surface area contributed by atoms with E-state index in [0.29, 0.717) is 16.5 Å². The molecule has 0 aliphatic rings. The van der Waals surface area contributed by atoms with Gasteiger partial charge in [-0.3, -0.25) is 18.9 Å². The third-order valence-corrected chi connectivity index (χ3v) is 4.57. The number of benzene rings is 1. The van der Waals surface area contributed by atoms with E-state index in [1.165, 1.54) is 18.5 Å². The first kappa shape index (κ1) is 20.0. The molecule has 1 aromatic carbocycles. The summed E-state index contributed by atoms with van der Waals surface area (Å²) in [5, 5.41) is 11.3. The van der Waals surface area contributed by atoms with E-state index in [9.17, 15) is 14.7 Å². The molecule has 3 rings (SSSR count). The molecule has 0 atom stereocenters. The highest BCUT2D eigenvalue weighted by Crippen LogP contribution is 2.28. The van der Waals surface area contributed by atoms with Crippen molar-refractivity contribution in [3.63, 3.8) is 0 Å². The number of aromatic nitrogens is 2. The molecule has 0 aliphatic heterocycles. The normalized spacial score (nSPS) is 11.6. The van der Waals surface area contributed by atoms with Crippen LogP contribution < -0.4 is 11.2 Å². The Kier molecular flexibility index (Phi) is 5.76. The van der Waals surface area contributed by atoms with E-state index in [-0.39, 0.29) is 17.1 Å². The van der Waals surface area contributed by atoms with E-state index >= 15 is 0 Å². The molecule has 146 valence electrons. The Bertz CT molecular complexity index is 1150. The van der Waals surface area contributed by atoms with Gasteiger partial charge in [-0.2, -0.15) is 0 Å². The summed E-state index contributed by atoms with van der Waals surface area (Å²) in [7, 11) is 0. The van der Waals surface area contributed by atoms with Gasteiger partial charge in [-0.15, -0.1) is 0 Å². The van der Waals surface area contributed by atoms with Gasteiger partial charge in [0.1, 0.15) is 11.3 Å². The Morgan fingerprint density at radius 3 is 2.61 bits per heavy atom. The Morgan fingerprint density at radius 2 is 2.00 bits per heavy atom. The average Bonchev–Trinajstić information content (AvgIpc) is 3.13. The molecule has 0 saturated heterocycles. The molecule has 0 saturated carbocycles. The molecule has 0 unspecified atom stereocenters. The van der Waals surface area contributed by atoms with Crippen molar-refractivity contribution in [3.05, 3.63) is 78.8 Å². The van der Waals surface area contributed by atoms with Crippen LogP contribution >= 0.6 is 23.2 Å². The second-order valence-electron chi connectivity index (χ2n) is 6.31. The van der Waals surface area contributed by atoms with Crippen molar-refractivity contribution >= 4 is 35.1 Å². The van der Waals surface area contributed by atoms with Crippen LogP contribution in [-0.4, -0.2) is 20.5 Å². The van der Waals surface area contributed by atoms with E-state index in [1.54, 1.807) is 38.1 Å². The number of aliphatic imine (C=N–C) groups is 1. The number of furan rings is 1. The van der Waals surface area contributed by atoms with Crippen molar-refractivity contribution in [1.29, 1.82) is 0 Å². The van der Waals surface area contributed by atoms with Crippen LogP contribution in [-0.2, 0) is 6.54 Å². The predicted molar refractivity (Wildman–Crippen MR) is 109 cm³/mol. The number of aromatic hydroxyl groups is 1. The summed E-state index contributed by atoms with van der Waals surface area (Å²) in [5.74, 6) is -0.0490. The first-order chi connectivity index (χ1) is 13.3. The third-order valence-electron chi connectivity index (χ3n) is 4.04. The highest BCUT2D eigenvalue weighted by Gasteiger charge is 2.20. The Labute approximate surface area is 170 Å². The van der Waals surface area contributed by atoms with Gasteiger partial charge in [0.2, 0.25) is 5.88 Å². The largest absolute Gasteiger partial charge is 0.494 e. The molecule has 3 aromatic rings. The van der Waals surface area contributed by atoms with Crippen molar-refractivity contribution in [2.45, 2.75) is 26.4 Å². The van der Waals surface area contributed by atoms with E-state index in [1.807, 2.05) is 0 Å². The SMILES string of the molecule is CC(C)n1c(=O)c(C=Nc2ccc(Cl)cc2Cl)c(O)n(Cc2ccco2)c1=O. The van der Waals surface area contributed by atoms with Crippen molar-refractivity contribution in [1.82, 2.24) is 9.13 Å². The lowest BCUT2D eigenvalue weighted by molar-refractivity contribution is 0.375. The van der Waals surface area contributed by atoms with Gasteiger partial charge in [-0.1, -0.05) is 23.2 Å². The van der Waals surface area contributed by atoms with E-state index in [4.69, 9.17) is 27.6 Å². The minimum Gasteiger partial charge on any atom is -0.494 e. The zero-order chi connectivity index (χ0) is 20.4. The number of hydrogen-bond donors (Lipinski definition) is 1. The van der Waals surface area contributed by atoms with Crippen LogP contribution in [0.2, 0.25) is 10.0 Å². The lowest BCUT2D eigenvalue weighted by Gasteiger charge is -2.15. The van der Waals surface area contributed by atoms with Gasteiger partial charge >= 0.3 is 5.69 Å². The second-order valence-corrected chi connectivity index (χ2v) is 7.15. The molecule has 0 fully saturated rings. The summed E-state index contributed by atoms with van der Waals surface area (Å²) in [5.41, 5.74) is -1.06. The van der Waals surface area contributed by atoms with Gasteiger partial charge in [0.25, 0.3) is 5.56 Å². The maximum absolute atomic E-state index is 12.8. The van der Waals surface area contributed by atoms with Crippen LogP contribution in [0, 0.1) is 0 Å². The van der Waals surface area contributed by atoms with Crippen LogP contribution in [0.5, 0.6) is 5.88 Å². The Balaban J connectivity index is 2.16. The number of halogens is 2. The fraction of sp³-hybridized carbons (Fsp3) is 0.211. The van der Waals surface area contributed by atoms with Crippen LogP contribution in [0.4, 0.5) is 5.69 Å². The zero-order valence-corrected chi connectivity index (χ0v) is 16.6. The van der Waals surface area contributed by atoms with Crippen LogP contribution in [0.15, 0.2) is 55.6 Å². The maximum atomic E-state index is 12.8. The molecule has 0 amide bonds. The molecule has 0 spiro atoms. The second kappa shape index (κ2) is 8.08. The van der Waals surface area contributed by atoms with Gasteiger partial charge in [0, 0.05) is 17.3 Å². The van der Waals surface area contributed by atoms with Gasteiger partial charge < -0.3 is 9.52 Å². The summed E-state index contributed by atoms with van der Waals surface area (Å²) in [6.45, 7) is 3.37. The maximum Gasteiger partial charge on any atom is 0.334 e. The van der Waals surface area contributed by atoms with Gasteiger partial charge in [-0.25, -0.2) is 4.79 Å². The van der Waals surface area contributed by atoms with Crippen molar-refractivity contribution in [2.75, 3.05) is 0 Å². The first-order valence-corrected chi connectivity index (χ1v) is 9.15. The molecule has 2 aromatic heterocycles. The fourth-order valence-corrected chi connectivity index (χ4v) is 3.12. The van der Waals surface area contributed by atoms with Crippen LogP contribution in [0.1, 0.15) is 31.2 Å². The average molecular weight is 422 g/mol. The molecule has 2 heterocycles. The van der Waals surface area contributed by atoms with Gasteiger partial charge in [0.15, 0.2) is 0 Å². The molecule has 7 nitrogen and oxygen atoms in total. The highest BCUT2D eigenvalue weighted by molar-refractivity contribution is 6.36. The van der Waals surface area contributed by atoms with Crippen LogP contribution in [0.3, 0.4) is 0 Å². The number of hydrogen-bond acceptors (Lipinski definition) is 5. The third kappa shape index (κ3) is 3.90. The molecule has 28 heavy (non-hydrogen) atoms. The van der Waals surface area contributed by atoms with Gasteiger partial charge in [-0.05, 0) is 44.2 Å². The standard InChI is InChI=1S/C19H17Cl2N3O4/c1-11(2)24-18(26)14(9-22-16-6-5-12(20)8-15(16)21)17(25)23(19(24)27)10-13-4-3-7-28-13/h3-9,11,25H,10H2,1-2H3. The monoisotopic (exact) mass is 421 g/mol. The Morgan fingerprint density at radius 1 is 1.25 bits per heavy atom. The Hall–Kier alpha value is -2.77. The van der Waals surface area contributed by atoms with E-state index in [2.05, 4.69) is 4.99 Å². The molecule has 1 N–H and O–H groups in total. The molecular weight excluding hydrogens is 405 g/mol. The summed E-state index contributed by atoms with van der Waals surface area (Å²) in [4.78, 5) is 29.7. The van der Waals surface area contributed by atoms with Crippen LogP contribution in [0.25, 0.3) is 0 Å². The molecule has 0 bridgehead atoms. The molecule has 0 radical (unpaired) electrons. The predicted octanol–water partition coefficient (Wildman–Crippen LogP) is 4.00. The summed E-state index contributed by atoms with van der Waals surface area (Å²) >= 11 is 12.0. The quantitative estimate of drug-likeness (QED) is 0.630. The minimum absolute atomic E-state index is 0.0345. The topological polar surface area (TPSA) is 89.7 Å². The van der Waals surface area contributed by atoms with Crippen molar-refractivity contribution in [2.24, 2.45) is 4.99 Å². The van der Waals surface area contributed by atoms with E-state index in [0.717, 1.165) is 9.13 Å². The van der Waals surface area contributed by atoms with Crippen molar-refractivity contribution < 1.29 is 9.52 Å². The molecule has 9 heteroatoms. The number of rotatable bonds is 5. The fourth-order valence-electron chi connectivity index (χ4n) is 2.67. The summed E-state index contributed by atoms with van der Waals surface area (Å²) in [6, 6.07) is 7.61. The first-order valence-electron chi connectivity index (χ1n) is 8.39. The van der Waals surface area contributed by atoms with E-state index < -0.39 is 23.2 Å².